The predicted molar refractivity (Wildman–Crippen MR) is 68.7 cm³/mol. The van der Waals surface area contributed by atoms with Gasteiger partial charge in [-0.15, -0.1) is 11.3 Å². The Labute approximate surface area is 106 Å². The smallest absolute Gasteiger partial charge is 0.150 e. The van der Waals surface area contributed by atoms with Crippen molar-refractivity contribution in [3.63, 3.8) is 0 Å². The van der Waals surface area contributed by atoms with E-state index in [1.54, 1.807) is 17.5 Å². The Bertz CT molecular complexity index is 574. The topological polar surface area (TPSA) is 41.6 Å². The summed E-state index contributed by atoms with van der Waals surface area (Å²) < 4.78 is 2.86. The van der Waals surface area contributed by atoms with E-state index in [-0.39, 0.29) is 0 Å². The average Bonchev–Trinajstić information content (AvgIpc) is 2.84. The minimum absolute atomic E-state index is 0.571. The van der Waals surface area contributed by atoms with E-state index in [1.165, 1.54) is 0 Å². The first-order valence-electron chi connectivity index (χ1n) is 4.54. The minimum atomic E-state index is 0.571. The molecule has 0 spiro atoms. The molecule has 0 saturated carbocycles. The predicted octanol–water partition coefficient (Wildman–Crippen LogP) is 3.31. The van der Waals surface area contributed by atoms with Gasteiger partial charge in [0.05, 0.1) is 5.57 Å². The van der Waals surface area contributed by atoms with Crippen LogP contribution in [0.2, 0.25) is 0 Å². The second kappa shape index (κ2) is 4.64. The van der Waals surface area contributed by atoms with E-state index in [0.717, 1.165) is 9.35 Å². The Morgan fingerprint density at radius 2 is 2.50 bits per heavy atom. The molecule has 0 saturated heterocycles. The summed E-state index contributed by atoms with van der Waals surface area (Å²) in [6, 6.07) is 4.15. The van der Waals surface area contributed by atoms with Crippen LogP contribution in [0.15, 0.2) is 28.3 Å². The maximum atomic E-state index is 9.11. The SMILES string of the molecule is Cn1ccnc1/C(C#N)=C/c1cc(Br)cs1. The zero-order valence-corrected chi connectivity index (χ0v) is 10.9. The van der Waals surface area contributed by atoms with E-state index < -0.39 is 0 Å². The zero-order chi connectivity index (χ0) is 11.5. The van der Waals surface area contributed by atoms with Crippen molar-refractivity contribution >= 4 is 38.9 Å². The zero-order valence-electron chi connectivity index (χ0n) is 8.51. The molecule has 0 atom stereocenters. The number of hydrogen-bond donors (Lipinski definition) is 0. The number of nitrogens with zero attached hydrogens (tertiary/aromatic N) is 3. The molecule has 16 heavy (non-hydrogen) atoms. The third-order valence-electron chi connectivity index (χ3n) is 2.06. The molecular weight excluding hydrogens is 286 g/mol. The lowest BCUT2D eigenvalue weighted by atomic mass is 10.2. The fraction of sp³-hybridized carbons (Fsp3) is 0.0909. The van der Waals surface area contributed by atoms with Gasteiger partial charge in [0, 0.05) is 34.2 Å². The highest BCUT2D eigenvalue weighted by Gasteiger charge is 2.06. The third kappa shape index (κ3) is 2.23. The van der Waals surface area contributed by atoms with Crippen LogP contribution in [-0.4, -0.2) is 9.55 Å². The maximum Gasteiger partial charge on any atom is 0.150 e. The van der Waals surface area contributed by atoms with Crippen LogP contribution in [0.4, 0.5) is 0 Å². The molecule has 0 aromatic carbocycles. The van der Waals surface area contributed by atoms with Crippen molar-refractivity contribution in [2.45, 2.75) is 0 Å². The Kier molecular flexibility index (Phi) is 3.22. The summed E-state index contributed by atoms with van der Waals surface area (Å²) in [4.78, 5) is 5.19. The van der Waals surface area contributed by atoms with Crippen molar-refractivity contribution in [3.8, 4) is 6.07 Å². The van der Waals surface area contributed by atoms with Crippen LogP contribution in [0.25, 0.3) is 11.6 Å². The molecule has 5 heteroatoms. The highest BCUT2D eigenvalue weighted by molar-refractivity contribution is 9.10. The van der Waals surface area contributed by atoms with Gasteiger partial charge in [-0.2, -0.15) is 5.26 Å². The maximum absolute atomic E-state index is 9.11. The van der Waals surface area contributed by atoms with Crippen molar-refractivity contribution in [1.82, 2.24) is 9.55 Å². The van der Waals surface area contributed by atoms with Gasteiger partial charge in [0.25, 0.3) is 0 Å². The van der Waals surface area contributed by atoms with Gasteiger partial charge in [-0.3, -0.25) is 0 Å². The molecule has 0 fully saturated rings. The number of rotatable bonds is 2. The highest BCUT2D eigenvalue weighted by atomic mass is 79.9. The fourth-order valence-corrected chi connectivity index (χ4v) is 2.69. The molecule has 0 amide bonds. The molecule has 0 unspecified atom stereocenters. The molecule has 0 radical (unpaired) electrons. The van der Waals surface area contributed by atoms with Crippen LogP contribution in [0.3, 0.4) is 0 Å². The number of imidazole rings is 1. The van der Waals surface area contributed by atoms with Gasteiger partial charge >= 0.3 is 0 Å². The molecular formula is C11H8BrN3S. The molecule has 0 aliphatic heterocycles. The standard InChI is InChI=1S/C11H8BrN3S/c1-15-3-2-14-11(15)8(6-13)4-10-5-9(12)7-16-10/h2-5,7H,1H3/b8-4+. The van der Waals surface area contributed by atoms with Gasteiger partial charge in [0.2, 0.25) is 0 Å². The van der Waals surface area contributed by atoms with Gasteiger partial charge < -0.3 is 4.57 Å². The first-order valence-corrected chi connectivity index (χ1v) is 6.21. The molecule has 2 aromatic heterocycles. The lowest BCUT2D eigenvalue weighted by Crippen LogP contribution is -1.94. The van der Waals surface area contributed by atoms with Crippen molar-refractivity contribution in [3.05, 3.63) is 39.0 Å². The second-order valence-electron chi connectivity index (χ2n) is 3.20. The minimum Gasteiger partial charge on any atom is -0.333 e. The van der Waals surface area contributed by atoms with Crippen LogP contribution in [0, 0.1) is 11.3 Å². The van der Waals surface area contributed by atoms with Crippen molar-refractivity contribution in [2.75, 3.05) is 0 Å². The Morgan fingerprint density at radius 1 is 1.69 bits per heavy atom. The van der Waals surface area contributed by atoms with Gasteiger partial charge in [0.15, 0.2) is 0 Å². The van der Waals surface area contributed by atoms with Crippen LogP contribution in [0.5, 0.6) is 0 Å². The summed E-state index contributed by atoms with van der Waals surface area (Å²) >= 11 is 4.97. The Morgan fingerprint density at radius 3 is 3.00 bits per heavy atom. The molecule has 80 valence electrons. The number of nitriles is 1. The van der Waals surface area contributed by atoms with Crippen LogP contribution < -0.4 is 0 Å². The number of aryl methyl sites for hydroxylation is 1. The first kappa shape index (κ1) is 11.1. The molecule has 3 nitrogen and oxygen atoms in total. The van der Waals surface area contributed by atoms with Crippen molar-refractivity contribution in [1.29, 1.82) is 5.26 Å². The summed E-state index contributed by atoms with van der Waals surface area (Å²) in [5, 5.41) is 11.1. The molecule has 2 heterocycles. The first-order chi connectivity index (χ1) is 7.70. The summed E-state index contributed by atoms with van der Waals surface area (Å²) in [6.45, 7) is 0. The molecule has 0 aliphatic rings. The van der Waals surface area contributed by atoms with E-state index in [9.17, 15) is 0 Å². The van der Waals surface area contributed by atoms with E-state index in [2.05, 4.69) is 27.0 Å². The van der Waals surface area contributed by atoms with Crippen molar-refractivity contribution < 1.29 is 0 Å². The number of allylic oxidation sites excluding steroid dienone is 1. The van der Waals surface area contributed by atoms with Crippen LogP contribution >= 0.6 is 27.3 Å². The quantitative estimate of drug-likeness (QED) is 0.797. The van der Waals surface area contributed by atoms with Crippen LogP contribution in [0.1, 0.15) is 10.7 Å². The van der Waals surface area contributed by atoms with E-state index in [4.69, 9.17) is 5.26 Å². The summed E-state index contributed by atoms with van der Waals surface area (Å²) in [5.41, 5.74) is 0.571. The summed E-state index contributed by atoms with van der Waals surface area (Å²) in [6.07, 6.45) is 5.35. The van der Waals surface area contributed by atoms with Gasteiger partial charge in [-0.25, -0.2) is 4.98 Å². The molecule has 0 bridgehead atoms. The van der Waals surface area contributed by atoms with E-state index >= 15 is 0 Å². The monoisotopic (exact) mass is 293 g/mol. The van der Waals surface area contributed by atoms with Gasteiger partial charge in [-0.1, -0.05) is 0 Å². The number of thiophene rings is 1. The van der Waals surface area contributed by atoms with Crippen molar-refractivity contribution in [2.24, 2.45) is 7.05 Å². The third-order valence-corrected chi connectivity index (χ3v) is 3.70. The summed E-state index contributed by atoms with van der Waals surface area (Å²) in [5.74, 6) is 0.687. The molecule has 0 aliphatic carbocycles. The van der Waals surface area contributed by atoms with E-state index in [0.29, 0.717) is 11.4 Å². The molecule has 2 aromatic rings. The molecule has 0 N–H and O–H groups in total. The lowest BCUT2D eigenvalue weighted by Gasteiger charge is -1.98. The Balaban J connectivity index is 2.42. The molecule has 2 rings (SSSR count). The normalized spacial score (nSPS) is 11.4. The fourth-order valence-electron chi connectivity index (χ4n) is 1.32. The Hall–Kier alpha value is -1.38. The van der Waals surface area contributed by atoms with E-state index in [1.807, 2.05) is 35.3 Å². The summed E-state index contributed by atoms with van der Waals surface area (Å²) in [7, 11) is 1.87. The number of hydrogen-bond acceptors (Lipinski definition) is 3. The average molecular weight is 294 g/mol. The second-order valence-corrected chi connectivity index (χ2v) is 5.06. The van der Waals surface area contributed by atoms with Crippen LogP contribution in [-0.2, 0) is 7.05 Å². The number of aromatic nitrogens is 2. The number of halogens is 1. The lowest BCUT2D eigenvalue weighted by molar-refractivity contribution is 0.893. The van der Waals surface area contributed by atoms with Gasteiger partial charge in [-0.05, 0) is 28.1 Å². The van der Waals surface area contributed by atoms with Gasteiger partial charge in [0.1, 0.15) is 11.9 Å². The largest absolute Gasteiger partial charge is 0.333 e. The highest BCUT2D eigenvalue weighted by Crippen LogP contribution is 2.24.